The molecule has 249 valence electrons. The van der Waals surface area contributed by atoms with E-state index < -0.39 is 21.5 Å². The molecule has 4 heteroatoms. The molecule has 0 nitrogen and oxygen atoms in total. The average molecular weight is 794 g/mol. The van der Waals surface area contributed by atoms with E-state index in [0.29, 0.717) is 0 Å². The van der Waals surface area contributed by atoms with E-state index in [-0.39, 0.29) is 7.25 Å². The van der Waals surface area contributed by atoms with Crippen LogP contribution in [0.15, 0.2) is 163 Å². The Bertz CT molecular complexity index is 2420. The predicted octanol–water partition coefficient (Wildman–Crippen LogP) is 13.2. The number of fused-ring (bicyclic) bond motifs is 4. The van der Waals surface area contributed by atoms with Gasteiger partial charge >= 0.3 is 312 Å². The van der Waals surface area contributed by atoms with Crippen LogP contribution in [0.25, 0.3) is 56.0 Å². The van der Waals surface area contributed by atoms with Crippen LogP contribution < -0.4 is 5.19 Å². The van der Waals surface area contributed by atoms with Gasteiger partial charge in [0.25, 0.3) is 0 Å². The van der Waals surface area contributed by atoms with Crippen molar-refractivity contribution in [3.8, 4) is 22.3 Å². The van der Waals surface area contributed by atoms with Crippen LogP contribution in [0.1, 0.15) is 43.4 Å². The van der Waals surface area contributed by atoms with E-state index in [1.165, 1.54) is 82.4 Å². The molecule has 51 heavy (non-hydrogen) atoms. The van der Waals surface area contributed by atoms with Gasteiger partial charge in [0.1, 0.15) is 0 Å². The monoisotopic (exact) mass is 791 g/mol. The second-order valence-corrected chi connectivity index (χ2v) is 54.9. The molecular formula is C47H39Cl2SiZr. The molecule has 0 amide bonds. The van der Waals surface area contributed by atoms with E-state index in [4.69, 9.17) is 17.0 Å². The molecule has 7 aromatic rings. The third-order valence-corrected chi connectivity index (χ3v) is 59.6. The van der Waals surface area contributed by atoms with Crippen LogP contribution in [-0.4, -0.2) is 5.92 Å². The molecule has 2 aliphatic rings. The first-order valence-corrected chi connectivity index (χ1v) is 33.7. The maximum atomic E-state index is 8.88. The van der Waals surface area contributed by atoms with Crippen molar-refractivity contribution in [3.05, 3.63) is 185 Å². The summed E-state index contributed by atoms with van der Waals surface area (Å²) < 4.78 is -0.0239. The van der Waals surface area contributed by atoms with E-state index in [1.54, 1.807) is 0 Å². The van der Waals surface area contributed by atoms with Crippen LogP contribution >= 0.6 is 17.0 Å². The van der Waals surface area contributed by atoms with Gasteiger partial charge in [0.15, 0.2) is 0 Å². The minimum absolute atomic E-state index is 0.0120. The van der Waals surface area contributed by atoms with Gasteiger partial charge in [0.05, 0.1) is 0 Å². The quantitative estimate of drug-likeness (QED) is 0.147. The van der Waals surface area contributed by atoms with Crippen molar-refractivity contribution in [3.63, 3.8) is 0 Å². The van der Waals surface area contributed by atoms with Gasteiger partial charge in [-0.3, -0.25) is 0 Å². The zero-order valence-corrected chi connectivity index (χ0v) is 34.2. The van der Waals surface area contributed by atoms with Crippen LogP contribution in [0.2, 0.25) is 6.55 Å². The number of allylic oxidation sites excluding steroid dienone is 2. The van der Waals surface area contributed by atoms with Crippen LogP contribution in [0.3, 0.4) is 0 Å². The first-order valence-electron chi connectivity index (χ1n) is 18.0. The van der Waals surface area contributed by atoms with E-state index in [9.17, 15) is 0 Å². The second-order valence-electron chi connectivity index (χ2n) is 14.7. The van der Waals surface area contributed by atoms with E-state index in [1.807, 2.05) is 0 Å². The molecule has 0 spiro atoms. The molecule has 0 bridgehead atoms. The van der Waals surface area contributed by atoms with E-state index in [0.717, 1.165) is 0 Å². The summed E-state index contributed by atoms with van der Waals surface area (Å²) in [5.41, 5.74) is 12.8. The molecule has 3 unspecified atom stereocenters. The summed E-state index contributed by atoms with van der Waals surface area (Å²) in [6.45, 7) is 7.05. The van der Waals surface area contributed by atoms with Gasteiger partial charge < -0.3 is 0 Å². The normalized spacial score (nSPS) is 18.1. The molecule has 7 aromatic carbocycles. The molecule has 9 rings (SSSR count). The number of hydrogen-bond acceptors (Lipinski definition) is 0. The van der Waals surface area contributed by atoms with Gasteiger partial charge in [0.2, 0.25) is 0 Å². The zero-order valence-electron chi connectivity index (χ0n) is 29.1. The van der Waals surface area contributed by atoms with Gasteiger partial charge in [-0.05, 0) is 0 Å². The van der Waals surface area contributed by atoms with Crippen molar-refractivity contribution in [1.29, 1.82) is 0 Å². The summed E-state index contributed by atoms with van der Waals surface area (Å²) in [6.07, 6.45) is 4.84. The summed E-state index contributed by atoms with van der Waals surface area (Å²) in [6, 6.07) is 55.4. The Kier molecular flexibility index (Phi) is 8.06. The standard InChI is InChI=1S/2C20H15.C7H9Si.2ClH.Zr/c2*1-14-12-16-8-5-11-19(20(16)13-14)18-10-4-7-15-6-2-3-9-17(15)18;1-8-7-5-3-2-4-6-7;;;/h2*2-13H,1H3;2-6,8H,1H3;2*1H;/q;;;;;+2/p-2. The van der Waals surface area contributed by atoms with Crippen LogP contribution in [0.5, 0.6) is 0 Å². The fourth-order valence-electron chi connectivity index (χ4n) is 9.69. The zero-order chi connectivity index (χ0) is 34.9. The molecule has 3 atom stereocenters. The van der Waals surface area contributed by atoms with Crippen molar-refractivity contribution in [2.45, 2.75) is 27.6 Å². The molecule has 0 saturated carbocycles. The van der Waals surface area contributed by atoms with Crippen molar-refractivity contribution in [1.82, 2.24) is 0 Å². The van der Waals surface area contributed by atoms with Crippen molar-refractivity contribution in [2.24, 2.45) is 0 Å². The Hall–Kier alpha value is -3.78. The van der Waals surface area contributed by atoms with Crippen LogP contribution in [0, 0.1) is 0 Å². The molecule has 0 saturated heterocycles. The summed E-state index contributed by atoms with van der Waals surface area (Å²) >= 11 is -5.13. The van der Waals surface area contributed by atoms with Gasteiger partial charge in [-0.25, -0.2) is 0 Å². The number of hydrogen-bond donors (Lipinski definition) is 0. The SMILES string of the molecule is CC1=Cc2c(-c3cccc4ccccc34)cccc2[CH]1[Zr]([Cl])([Cl])([CH]1C(C)=Cc2c(-c3cccc4ccccc34)cccc21)[SiH](C)c1ccccc1. The first kappa shape index (κ1) is 33.1. The fraction of sp³-hybridized carbons (Fsp3) is 0.106. The predicted molar refractivity (Wildman–Crippen MR) is 222 cm³/mol. The molecule has 0 radical (unpaired) electrons. The number of rotatable bonds is 6. The van der Waals surface area contributed by atoms with E-state index in [2.05, 4.69) is 184 Å². The fourth-order valence-corrected chi connectivity index (χ4v) is 51.8. The molecular weight excluding hydrogens is 755 g/mol. The van der Waals surface area contributed by atoms with Gasteiger partial charge in [-0.1, -0.05) is 0 Å². The molecule has 0 fully saturated rings. The summed E-state index contributed by atoms with van der Waals surface area (Å²) in [5.74, 6) is -2.01. The second kappa shape index (κ2) is 12.4. The summed E-state index contributed by atoms with van der Waals surface area (Å²) in [4.78, 5) is 0. The maximum absolute atomic E-state index is 8.88. The van der Waals surface area contributed by atoms with E-state index >= 15 is 0 Å². The van der Waals surface area contributed by atoms with Crippen LogP contribution in [-0.2, 0) is 15.6 Å². The average Bonchev–Trinajstić information content (AvgIpc) is 3.71. The van der Waals surface area contributed by atoms with Crippen molar-refractivity contribution < 1.29 is 15.6 Å². The molecule has 0 aliphatic heterocycles. The van der Waals surface area contributed by atoms with Crippen molar-refractivity contribution >= 4 is 61.8 Å². The van der Waals surface area contributed by atoms with Gasteiger partial charge in [0, 0.05) is 0 Å². The number of benzene rings is 7. The Morgan fingerprint density at radius 2 is 0.843 bits per heavy atom. The Morgan fingerprint density at radius 3 is 1.33 bits per heavy atom. The van der Waals surface area contributed by atoms with Gasteiger partial charge in [-0.15, -0.1) is 0 Å². The Balaban J connectivity index is 1.28. The number of halogens is 2. The third-order valence-electron chi connectivity index (χ3n) is 11.9. The molecule has 0 heterocycles. The Morgan fingerprint density at radius 1 is 0.451 bits per heavy atom. The summed E-state index contributed by atoms with van der Waals surface area (Å²) in [5, 5.41) is 6.38. The molecule has 0 N–H and O–H groups in total. The molecule has 2 aliphatic carbocycles. The topological polar surface area (TPSA) is 0 Å². The van der Waals surface area contributed by atoms with Crippen LogP contribution in [0.4, 0.5) is 0 Å². The van der Waals surface area contributed by atoms with Gasteiger partial charge in [-0.2, -0.15) is 0 Å². The first-order chi connectivity index (χ1) is 24.7. The summed E-state index contributed by atoms with van der Waals surface area (Å²) in [7, 11) is 17.8. The molecule has 0 aromatic heterocycles. The third kappa shape index (κ3) is 5.02. The Labute approximate surface area is 309 Å². The minimum atomic E-state index is -5.13. The van der Waals surface area contributed by atoms with Crippen molar-refractivity contribution in [2.75, 3.05) is 0 Å².